The lowest BCUT2D eigenvalue weighted by Gasteiger charge is -2.34. The zero-order chi connectivity index (χ0) is 16.6. The molecule has 3 fully saturated rings. The molecule has 1 aliphatic heterocycles. The van der Waals surface area contributed by atoms with Crippen LogP contribution in [0.3, 0.4) is 0 Å². The number of amides is 4. The highest BCUT2D eigenvalue weighted by Crippen LogP contribution is 2.35. The molecule has 0 bridgehead atoms. The number of carbonyl (C=O) groups excluding carboxylic acids is 3. The monoisotopic (exact) mass is 321 g/mol. The molecule has 1 heterocycles. The van der Waals surface area contributed by atoms with Crippen LogP contribution in [0.1, 0.15) is 58.8 Å². The molecule has 2 saturated carbocycles. The molecular weight excluding hydrogens is 294 g/mol. The molecule has 0 radical (unpaired) electrons. The molecule has 4 amide bonds. The van der Waals surface area contributed by atoms with Crippen LogP contribution in [0.4, 0.5) is 4.79 Å². The molecular formula is C17H27N3O3. The number of carbonyl (C=O) groups is 3. The van der Waals surface area contributed by atoms with Crippen molar-refractivity contribution in [2.24, 2.45) is 11.8 Å². The van der Waals surface area contributed by atoms with Gasteiger partial charge in [0.2, 0.25) is 5.91 Å². The standard InChI is InChI=1S/C17H27N3O3/c1-11-6-5-7-13(12(11)2)18-14(21)10-20-15(22)17(19-16(20)23)8-3-4-9-17/h11-13H,3-10H2,1-2H3,(H,18,21)(H,19,23)/t11-,12-,13+/m1/s1. The van der Waals surface area contributed by atoms with E-state index in [4.69, 9.17) is 0 Å². The highest BCUT2D eigenvalue weighted by Gasteiger charge is 2.52. The van der Waals surface area contributed by atoms with Crippen LogP contribution in [-0.4, -0.2) is 40.9 Å². The minimum atomic E-state index is -0.732. The van der Waals surface area contributed by atoms with Crippen molar-refractivity contribution in [2.75, 3.05) is 6.54 Å². The van der Waals surface area contributed by atoms with Crippen molar-refractivity contribution in [3.05, 3.63) is 0 Å². The molecule has 0 aromatic rings. The molecule has 128 valence electrons. The fourth-order valence-electron chi connectivity index (χ4n) is 4.32. The Labute approximate surface area is 137 Å². The van der Waals surface area contributed by atoms with Crippen LogP contribution in [0.2, 0.25) is 0 Å². The summed E-state index contributed by atoms with van der Waals surface area (Å²) < 4.78 is 0. The van der Waals surface area contributed by atoms with Gasteiger partial charge in [0, 0.05) is 6.04 Å². The third-order valence-corrected chi connectivity index (χ3v) is 6.06. The first-order valence-electron chi connectivity index (χ1n) is 8.86. The third-order valence-electron chi connectivity index (χ3n) is 6.06. The van der Waals surface area contributed by atoms with E-state index in [2.05, 4.69) is 24.5 Å². The van der Waals surface area contributed by atoms with E-state index in [9.17, 15) is 14.4 Å². The Hall–Kier alpha value is -1.59. The highest BCUT2D eigenvalue weighted by atomic mass is 16.2. The van der Waals surface area contributed by atoms with E-state index < -0.39 is 11.6 Å². The molecule has 0 aromatic carbocycles. The Morgan fingerprint density at radius 3 is 2.61 bits per heavy atom. The van der Waals surface area contributed by atoms with E-state index >= 15 is 0 Å². The average molecular weight is 321 g/mol. The Morgan fingerprint density at radius 2 is 1.91 bits per heavy atom. The van der Waals surface area contributed by atoms with Crippen molar-refractivity contribution in [2.45, 2.75) is 70.4 Å². The largest absolute Gasteiger partial charge is 0.352 e. The van der Waals surface area contributed by atoms with E-state index in [-0.39, 0.29) is 24.4 Å². The molecule has 3 aliphatic rings. The molecule has 1 saturated heterocycles. The first kappa shape index (κ1) is 16.3. The molecule has 0 unspecified atom stereocenters. The SMILES string of the molecule is C[C@@H]1[C@H](C)CCC[C@@H]1NC(=O)CN1C(=O)NC2(CCCC2)C1=O. The lowest BCUT2D eigenvalue weighted by Crippen LogP contribution is -2.49. The maximum absolute atomic E-state index is 12.5. The van der Waals surface area contributed by atoms with Gasteiger partial charge in [0.15, 0.2) is 0 Å². The molecule has 6 heteroatoms. The van der Waals surface area contributed by atoms with Gasteiger partial charge in [0.1, 0.15) is 12.1 Å². The van der Waals surface area contributed by atoms with Crippen LogP contribution in [-0.2, 0) is 9.59 Å². The minimum Gasteiger partial charge on any atom is -0.352 e. The first-order chi connectivity index (χ1) is 10.9. The normalized spacial score (nSPS) is 33.1. The predicted octanol–water partition coefficient (Wildman–Crippen LogP) is 1.79. The highest BCUT2D eigenvalue weighted by molar-refractivity contribution is 6.09. The van der Waals surface area contributed by atoms with Gasteiger partial charge in [-0.3, -0.25) is 14.5 Å². The van der Waals surface area contributed by atoms with Crippen molar-refractivity contribution in [1.29, 1.82) is 0 Å². The Morgan fingerprint density at radius 1 is 1.22 bits per heavy atom. The molecule has 23 heavy (non-hydrogen) atoms. The summed E-state index contributed by atoms with van der Waals surface area (Å²) in [6.45, 7) is 4.21. The van der Waals surface area contributed by atoms with Crippen LogP contribution in [0.5, 0.6) is 0 Å². The van der Waals surface area contributed by atoms with Crippen molar-refractivity contribution >= 4 is 17.8 Å². The second-order valence-corrected chi connectivity index (χ2v) is 7.55. The summed E-state index contributed by atoms with van der Waals surface area (Å²) in [5.41, 5.74) is -0.732. The van der Waals surface area contributed by atoms with Crippen LogP contribution >= 0.6 is 0 Å². The summed E-state index contributed by atoms with van der Waals surface area (Å²) >= 11 is 0. The topological polar surface area (TPSA) is 78.5 Å². The van der Waals surface area contributed by atoms with Gasteiger partial charge in [-0.1, -0.05) is 39.5 Å². The van der Waals surface area contributed by atoms with Gasteiger partial charge in [-0.15, -0.1) is 0 Å². The number of hydrogen-bond donors (Lipinski definition) is 2. The number of urea groups is 1. The van der Waals surface area contributed by atoms with Crippen molar-refractivity contribution in [3.8, 4) is 0 Å². The second kappa shape index (κ2) is 6.13. The second-order valence-electron chi connectivity index (χ2n) is 7.55. The molecule has 1 spiro atoms. The summed E-state index contributed by atoms with van der Waals surface area (Å²) in [5, 5.41) is 5.84. The number of nitrogens with one attached hydrogen (secondary N) is 2. The smallest absolute Gasteiger partial charge is 0.325 e. The fourth-order valence-corrected chi connectivity index (χ4v) is 4.32. The summed E-state index contributed by atoms with van der Waals surface area (Å²) in [7, 11) is 0. The average Bonchev–Trinajstić information content (AvgIpc) is 3.06. The fraction of sp³-hybridized carbons (Fsp3) is 0.824. The summed E-state index contributed by atoms with van der Waals surface area (Å²) in [4.78, 5) is 38.1. The Balaban J connectivity index is 1.59. The zero-order valence-corrected chi connectivity index (χ0v) is 14.1. The summed E-state index contributed by atoms with van der Waals surface area (Å²) in [6.07, 6.45) is 6.56. The van der Waals surface area contributed by atoms with Gasteiger partial charge in [0.05, 0.1) is 0 Å². The maximum atomic E-state index is 12.5. The van der Waals surface area contributed by atoms with Gasteiger partial charge in [-0.2, -0.15) is 0 Å². The van der Waals surface area contributed by atoms with Gasteiger partial charge in [-0.05, 0) is 31.1 Å². The Kier molecular flexibility index (Phi) is 4.34. The lowest BCUT2D eigenvalue weighted by atomic mass is 9.78. The number of imide groups is 1. The quantitative estimate of drug-likeness (QED) is 0.778. The predicted molar refractivity (Wildman–Crippen MR) is 85.6 cm³/mol. The third kappa shape index (κ3) is 2.95. The van der Waals surface area contributed by atoms with Gasteiger partial charge < -0.3 is 10.6 Å². The van der Waals surface area contributed by atoms with Crippen molar-refractivity contribution in [1.82, 2.24) is 15.5 Å². The first-order valence-corrected chi connectivity index (χ1v) is 8.86. The van der Waals surface area contributed by atoms with Crippen LogP contribution < -0.4 is 10.6 Å². The lowest BCUT2D eigenvalue weighted by molar-refractivity contribution is -0.135. The summed E-state index contributed by atoms with van der Waals surface area (Å²) in [5.74, 6) is 0.569. The van der Waals surface area contributed by atoms with Gasteiger partial charge >= 0.3 is 6.03 Å². The van der Waals surface area contributed by atoms with Crippen molar-refractivity contribution < 1.29 is 14.4 Å². The molecule has 3 rings (SSSR count). The van der Waals surface area contributed by atoms with Crippen molar-refractivity contribution in [3.63, 3.8) is 0 Å². The summed E-state index contributed by atoms with van der Waals surface area (Å²) in [6, 6.07) is -0.274. The number of hydrogen-bond acceptors (Lipinski definition) is 3. The molecule has 0 aromatic heterocycles. The van der Waals surface area contributed by atoms with E-state index in [1.807, 2.05) is 0 Å². The number of rotatable bonds is 3. The molecule has 2 aliphatic carbocycles. The van der Waals surface area contributed by atoms with E-state index in [1.54, 1.807) is 0 Å². The van der Waals surface area contributed by atoms with E-state index in [0.717, 1.165) is 30.6 Å². The number of nitrogens with zero attached hydrogens (tertiary/aromatic N) is 1. The molecule has 2 N–H and O–H groups in total. The van der Waals surface area contributed by atoms with E-state index in [1.165, 1.54) is 6.42 Å². The van der Waals surface area contributed by atoms with Crippen LogP contribution in [0.15, 0.2) is 0 Å². The zero-order valence-electron chi connectivity index (χ0n) is 14.1. The van der Waals surface area contributed by atoms with Gasteiger partial charge in [-0.25, -0.2) is 4.79 Å². The molecule has 3 atom stereocenters. The van der Waals surface area contributed by atoms with Gasteiger partial charge in [0.25, 0.3) is 5.91 Å². The maximum Gasteiger partial charge on any atom is 0.325 e. The van der Waals surface area contributed by atoms with Crippen LogP contribution in [0.25, 0.3) is 0 Å². The Bertz CT molecular complexity index is 513. The minimum absolute atomic E-state index is 0.146. The molecule has 6 nitrogen and oxygen atoms in total. The van der Waals surface area contributed by atoms with Crippen LogP contribution in [0, 0.1) is 11.8 Å². The van der Waals surface area contributed by atoms with E-state index in [0.29, 0.717) is 24.7 Å².